The van der Waals surface area contributed by atoms with Crippen molar-refractivity contribution in [1.29, 1.82) is 0 Å². The molecule has 0 spiro atoms. The van der Waals surface area contributed by atoms with Crippen molar-refractivity contribution in [2.75, 3.05) is 0 Å². The molecule has 0 unspecified atom stereocenters. The Labute approximate surface area is 399 Å². The van der Waals surface area contributed by atoms with Crippen LogP contribution < -0.4 is 10.6 Å². The van der Waals surface area contributed by atoms with Gasteiger partial charge in [-0.3, -0.25) is 0 Å². The molecule has 69 heavy (non-hydrogen) atoms. The number of benzene rings is 10. The van der Waals surface area contributed by atoms with Crippen LogP contribution in [-0.2, 0) is 0 Å². The van der Waals surface area contributed by atoms with Gasteiger partial charge in [-0.1, -0.05) is 164 Å². The Morgan fingerprint density at radius 2 is 0.870 bits per heavy atom. The zero-order valence-corrected chi connectivity index (χ0v) is 38.1. The van der Waals surface area contributed by atoms with Crippen LogP contribution in [0.1, 0.15) is 12.8 Å². The molecule has 4 aromatic heterocycles. The van der Waals surface area contributed by atoms with E-state index >= 15 is 0 Å². The number of hydrogen-bond donors (Lipinski definition) is 0. The molecule has 15 rings (SSSR count). The van der Waals surface area contributed by atoms with Gasteiger partial charge in [-0.25, -0.2) is 15.0 Å². The number of para-hydroxylation sites is 1. The van der Waals surface area contributed by atoms with E-state index in [-0.39, 0.29) is 0 Å². The third-order valence-electron chi connectivity index (χ3n) is 14.4. The Kier molecular flexibility index (Phi) is 8.29. The minimum Gasteiger partial charge on any atom is -0.309 e. The maximum absolute atomic E-state index is 5.13. The van der Waals surface area contributed by atoms with Gasteiger partial charge in [0.2, 0.25) is 0 Å². The number of thiophene rings is 1. The average Bonchev–Trinajstić information content (AvgIpc) is 4.09. The van der Waals surface area contributed by atoms with Gasteiger partial charge in [0.1, 0.15) is 0 Å². The van der Waals surface area contributed by atoms with Crippen molar-refractivity contribution in [1.82, 2.24) is 24.1 Å². The Balaban J connectivity index is 0.954. The lowest BCUT2D eigenvalue weighted by atomic mass is 9.93. The second kappa shape index (κ2) is 14.9. The van der Waals surface area contributed by atoms with Crippen molar-refractivity contribution in [3.63, 3.8) is 0 Å². The fraction of sp³-hybridized carbons (Fsp3) is 0.0317. The summed E-state index contributed by atoms with van der Waals surface area (Å²) in [5.41, 5.74) is 8.77. The second-order valence-corrected chi connectivity index (χ2v) is 19.2. The summed E-state index contributed by atoms with van der Waals surface area (Å²) in [6, 6.07) is 72.4. The first-order chi connectivity index (χ1) is 34.2. The van der Waals surface area contributed by atoms with Gasteiger partial charge in [-0.15, -0.1) is 11.3 Å². The summed E-state index contributed by atoms with van der Waals surface area (Å²) < 4.78 is 7.67. The highest BCUT2D eigenvalue weighted by Gasteiger charge is 2.21. The van der Waals surface area contributed by atoms with E-state index in [2.05, 4.69) is 185 Å². The largest absolute Gasteiger partial charge is 0.309 e. The lowest BCUT2D eigenvalue weighted by molar-refractivity contribution is 1.03. The second-order valence-electron chi connectivity index (χ2n) is 18.2. The number of fused-ring (bicyclic) bond motifs is 16. The molecule has 0 atom stereocenters. The first kappa shape index (κ1) is 38.4. The molecular formula is C63H39N5S. The Bertz CT molecular complexity index is 4540. The van der Waals surface area contributed by atoms with Gasteiger partial charge in [0.15, 0.2) is 17.5 Å². The maximum Gasteiger partial charge on any atom is 0.164 e. The summed E-state index contributed by atoms with van der Waals surface area (Å²) in [5, 5.41) is 16.2. The standard InChI is InChI=1S/C63H39N5S/c1-3-15-38(16-4-1)61-64-62(39-17-5-2-6-18-39)66-63(65-61)40-27-30-45-43-19-7-8-20-44(43)46-31-28-41(36-53(46)52(45)35-40)67-55-24-12-10-22-48(55)54-37-42(29-34-57(54)67)68-56-25-13-9-21-47(56)50-32-33-51-49-23-11-14-26-58(49)69-60(51)59(50)68/h1-8,10-12,14-37H,9,13H2. The summed E-state index contributed by atoms with van der Waals surface area (Å²) >= 11 is 1.91. The van der Waals surface area contributed by atoms with Crippen molar-refractivity contribution >= 4 is 109 Å². The molecule has 0 saturated carbocycles. The molecule has 0 amide bonds. The van der Waals surface area contributed by atoms with Gasteiger partial charge in [0, 0.05) is 70.3 Å². The summed E-state index contributed by atoms with van der Waals surface area (Å²) in [6.45, 7) is 0. The van der Waals surface area contributed by atoms with E-state index < -0.39 is 0 Å². The van der Waals surface area contributed by atoms with Crippen molar-refractivity contribution in [3.8, 4) is 45.5 Å². The molecule has 10 aromatic carbocycles. The van der Waals surface area contributed by atoms with Crippen molar-refractivity contribution in [2.24, 2.45) is 0 Å². The molecule has 1 aliphatic carbocycles. The van der Waals surface area contributed by atoms with Crippen LogP contribution in [0.3, 0.4) is 0 Å². The lowest BCUT2D eigenvalue weighted by Crippen LogP contribution is -2.30. The molecule has 0 aliphatic heterocycles. The number of aromatic nitrogens is 5. The molecule has 0 saturated heterocycles. The molecule has 1 aliphatic rings. The fourth-order valence-corrected chi connectivity index (χ4v) is 12.5. The highest BCUT2D eigenvalue weighted by Crippen LogP contribution is 2.42. The third-order valence-corrected chi connectivity index (χ3v) is 15.5. The van der Waals surface area contributed by atoms with E-state index in [0.717, 1.165) is 40.6 Å². The van der Waals surface area contributed by atoms with E-state index in [1.54, 1.807) is 0 Å². The zero-order valence-electron chi connectivity index (χ0n) is 37.3. The highest BCUT2D eigenvalue weighted by atomic mass is 32.1. The lowest BCUT2D eigenvalue weighted by Gasteiger charge is -2.15. The van der Waals surface area contributed by atoms with Crippen molar-refractivity contribution in [3.05, 3.63) is 211 Å². The molecule has 4 heterocycles. The van der Waals surface area contributed by atoms with Gasteiger partial charge in [-0.2, -0.15) is 0 Å². The van der Waals surface area contributed by atoms with E-state index in [4.69, 9.17) is 15.0 Å². The van der Waals surface area contributed by atoms with Crippen LogP contribution in [0.4, 0.5) is 0 Å². The number of rotatable bonds is 5. The summed E-state index contributed by atoms with van der Waals surface area (Å²) in [4.78, 5) is 15.3. The molecule has 0 N–H and O–H groups in total. The Morgan fingerprint density at radius 3 is 1.62 bits per heavy atom. The minimum atomic E-state index is 0.639. The molecular weight excluding hydrogens is 859 g/mol. The monoisotopic (exact) mass is 897 g/mol. The van der Waals surface area contributed by atoms with E-state index in [1.807, 2.05) is 47.7 Å². The molecule has 5 nitrogen and oxygen atoms in total. The smallest absolute Gasteiger partial charge is 0.164 e. The predicted molar refractivity (Wildman–Crippen MR) is 290 cm³/mol. The van der Waals surface area contributed by atoms with Crippen LogP contribution in [0.5, 0.6) is 0 Å². The molecule has 14 aromatic rings. The van der Waals surface area contributed by atoms with E-state index in [9.17, 15) is 0 Å². The summed E-state index contributed by atoms with van der Waals surface area (Å²) in [5.74, 6) is 1.93. The van der Waals surface area contributed by atoms with Crippen LogP contribution in [0.25, 0.3) is 143 Å². The Hall–Kier alpha value is -8.71. The number of nitrogens with zero attached hydrogens (tertiary/aromatic N) is 5. The molecule has 6 heteroatoms. The van der Waals surface area contributed by atoms with Gasteiger partial charge in [-0.05, 0) is 93.7 Å². The zero-order chi connectivity index (χ0) is 45.2. The molecule has 0 fully saturated rings. The van der Waals surface area contributed by atoms with Crippen LogP contribution in [0.2, 0.25) is 0 Å². The van der Waals surface area contributed by atoms with Gasteiger partial charge >= 0.3 is 0 Å². The quantitative estimate of drug-likeness (QED) is 0.162. The third kappa shape index (κ3) is 5.79. The van der Waals surface area contributed by atoms with Crippen LogP contribution in [-0.4, -0.2) is 24.1 Å². The minimum absolute atomic E-state index is 0.639. The van der Waals surface area contributed by atoms with Crippen LogP contribution >= 0.6 is 11.3 Å². The van der Waals surface area contributed by atoms with Gasteiger partial charge in [0.05, 0.1) is 21.3 Å². The summed E-state index contributed by atoms with van der Waals surface area (Å²) in [7, 11) is 0. The van der Waals surface area contributed by atoms with Crippen molar-refractivity contribution in [2.45, 2.75) is 12.8 Å². The highest BCUT2D eigenvalue weighted by molar-refractivity contribution is 7.26. The fourth-order valence-electron chi connectivity index (χ4n) is 11.3. The average molecular weight is 898 g/mol. The SMILES string of the molecule is C1=c2c(n(-c3ccc4c(c3)c3ccccc3n4-c3ccc4c5ccccc5c5ccc(-c6nc(-c7ccccc7)nc(-c7ccccc7)n6)cc5c4c3)c3c2ccc2c4ccccc4sc23)=CCC1. The van der Waals surface area contributed by atoms with Crippen LogP contribution in [0, 0.1) is 0 Å². The Morgan fingerprint density at radius 1 is 0.348 bits per heavy atom. The first-order valence-electron chi connectivity index (χ1n) is 23.7. The molecule has 322 valence electrons. The summed E-state index contributed by atoms with van der Waals surface area (Å²) in [6.07, 6.45) is 6.99. The maximum atomic E-state index is 5.13. The van der Waals surface area contributed by atoms with E-state index in [0.29, 0.717) is 17.5 Å². The van der Waals surface area contributed by atoms with Crippen molar-refractivity contribution < 1.29 is 0 Å². The molecule has 0 radical (unpaired) electrons. The van der Waals surface area contributed by atoms with Gasteiger partial charge in [0.25, 0.3) is 0 Å². The van der Waals surface area contributed by atoms with Gasteiger partial charge < -0.3 is 9.13 Å². The van der Waals surface area contributed by atoms with E-state index in [1.165, 1.54) is 96.1 Å². The molecule has 0 bridgehead atoms. The topological polar surface area (TPSA) is 48.5 Å². The predicted octanol–water partition coefficient (Wildman–Crippen LogP) is 15.1. The first-order valence-corrected chi connectivity index (χ1v) is 24.5. The normalized spacial score (nSPS) is 12.8. The van der Waals surface area contributed by atoms with Crippen LogP contribution in [0.15, 0.2) is 200 Å². The number of hydrogen-bond acceptors (Lipinski definition) is 4.